The molecule has 1 aromatic rings. The lowest BCUT2D eigenvalue weighted by atomic mass is 10.1. The molecule has 5 nitrogen and oxygen atoms in total. The smallest absolute Gasteiger partial charge is 0.407 e. The van der Waals surface area contributed by atoms with Crippen LogP contribution in [-0.2, 0) is 11.8 Å². The zero-order valence-corrected chi connectivity index (χ0v) is 7.57. The number of aromatic nitrogens is 2. The second kappa shape index (κ2) is 2.76. The largest absolute Gasteiger partial charge is 0.447 e. The number of hydrogen-bond acceptors (Lipinski definition) is 3. The molecule has 0 saturated carbocycles. The van der Waals surface area contributed by atoms with Crippen molar-refractivity contribution >= 4 is 6.09 Å². The lowest BCUT2D eigenvalue weighted by Crippen LogP contribution is -2.21. The topological polar surface area (TPSA) is 56.2 Å². The maximum absolute atomic E-state index is 10.8. The molecule has 1 fully saturated rings. The first-order valence-corrected chi connectivity index (χ1v) is 4.10. The third-order valence-electron chi connectivity index (χ3n) is 2.18. The van der Waals surface area contributed by atoms with Gasteiger partial charge in [0.25, 0.3) is 0 Å². The zero-order valence-electron chi connectivity index (χ0n) is 7.57. The molecule has 70 valence electrons. The Balaban J connectivity index is 2.30. The van der Waals surface area contributed by atoms with Gasteiger partial charge in [-0.3, -0.25) is 4.68 Å². The predicted octanol–water partition coefficient (Wildman–Crippen LogP) is 0.509. The number of rotatable bonds is 1. The first-order chi connectivity index (χ1) is 6.18. The minimum absolute atomic E-state index is 0.0556. The van der Waals surface area contributed by atoms with Crippen LogP contribution in [0.25, 0.3) is 0 Å². The van der Waals surface area contributed by atoms with Gasteiger partial charge in [0.2, 0.25) is 0 Å². The van der Waals surface area contributed by atoms with E-state index < -0.39 is 0 Å². The monoisotopic (exact) mass is 181 g/mol. The van der Waals surface area contributed by atoms with E-state index in [9.17, 15) is 4.79 Å². The van der Waals surface area contributed by atoms with Gasteiger partial charge in [0.1, 0.15) is 12.6 Å². The van der Waals surface area contributed by atoms with Gasteiger partial charge >= 0.3 is 6.09 Å². The van der Waals surface area contributed by atoms with E-state index in [2.05, 4.69) is 10.4 Å². The minimum Gasteiger partial charge on any atom is -0.447 e. The van der Waals surface area contributed by atoms with E-state index in [4.69, 9.17) is 4.74 Å². The van der Waals surface area contributed by atoms with Gasteiger partial charge < -0.3 is 10.1 Å². The van der Waals surface area contributed by atoms with Crippen molar-refractivity contribution in [2.45, 2.75) is 13.0 Å². The fourth-order valence-corrected chi connectivity index (χ4v) is 1.59. The molecule has 13 heavy (non-hydrogen) atoms. The van der Waals surface area contributed by atoms with Crippen LogP contribution in [-0.4, -0.2) is 22.5 Å². The Morgan fingerprint density at radius 1 is 1.77 bits per heavy atom. The molecular weight excluding hydrogens is 170 g/mol. The summed E-state index contributed by atoms with van der Waals surface area (Å²) in [5, 5.41) is 6.81. The standard InChI is InChI=1S/C8H11N3O2/c1-5-3-9-11(2)7(5)6-4-13-8(12)10-6/h3,6H,4H2,1-2H3,(H,10,12). The van der Waals surface area contributed by atoms with Crippen LogP contribution in [0.4, 0.5) is 4.79 Å². The quantitative estimate of drug-likeness (QED) is 0.686. The molecule has 0 spiro atoms. The number of alkyl carbamates (subject to hydrolysis) is 1. The van der Waals surface area contributed by atoms with Gasteiger partial charge in [0, 0.05) is 7.05 Å². The Morgan fingerprint density at radius 2 is 2.54 bits per heavy atom. The summed E-state index contributed by atoms with van der Waals surface area (Å²) in [6.07, 6.45) is 1.42. The van der Waals surface area contributed by atoms with Crippen molar-refractivity contribution in [1.82, 2.24) is 15.1 Å². The highest BCUT2D eigenvalue weighted by molar-refractivity contribution is 5.70. The Morgan fingerprint density at radius 3 is 3.00 bits per heavy atom. The normalized spacial score (nSPS) is 21.4. The molecular formula is C8H11N3O2. The van der Waals surface area contributed by atoms with E-state index in [1.165, 1.54) is 0 Å². The molecule has 2 heterocycles. The van der Waals surface area contributed by atoms with Gasteiger partial charge in [0.05, 0.1) is 11.9 Å². The zero-order chi connectivity index (χ0) is 9.42. The lowest BCUT2D eigenvalue weighted by Gasteiger charge is -2.08. The van der Waals surface area contributed by atoms with Crippen LogP contribution in [0.15, 0.2) is 6.20 Å². The van der Waals surface area contributed by atoms with Crippen LogP contribution >= 0.6 is 0 Å². The first kappa shape index (κ1) is 8.10. The molecule has 0 bridgehead atoms. The fraction of sp³-hybridized carbons (Fsp3) is 0.500. The van der Waals surface area contributed by atoms with Crippen LogP contribution in [0.2, 0.25) is 0 Å². The van der Waals surface area contributed by atoms with E-state index in [-0.39, 0.29) is 12.1 Å². The third-order valence-corrected chi connectivity index (χ3v) is 2.18. The van der Waals surface area contributed by atoms with E-state index in [0.29, 0.717) is 6.61 Å². The molecule has 2 rings (SSSR count). The maximum atomic E-state index is 10.8. The predicted molar refractivity (Wildman–Crippen MR) is 45.2 cm³/mol. The Kier molecular flexibility index (Phi) is 1.72. The molecule has 1 atom stereocenters. The minimum atomic E-state index is -0.356. The maximum Gasteiger partial charge on any atom is 0.407 e. The van der Waals surface area contributed by atoms with E-state index in [1.807, 2.05) is 14.0 Å². The summed E-state index contributed by atoms with van der Waals surface area (Å²) in [5.74, 6) is 0. The van der Waals surface area contributed by atoms with E-state index in [0.717, 1.165) is 11.3 Å². The van der Waals surface area contributed by atoms with Gasteiger partial charge in [-0.25, -0.2) is 4.79 Å². The van der Waals surface area contributed by atoms with Crippen molar-refractivity contribution < 1.29 is 9.53 Å². The molecule has 1 amide bonds. The van der Waals surface area contributed by atoms with Crippen LogP contribution < -0.4 is 5.32 Å². The van der Waals surface area contributed by atoms with Crippen LogP contribution in [0, 0.1) is 6.92 Å². The molecule has 1 N–H and O–H groups in total. The number of nitrogens with zero attached hydrogens (tertiary/aromatic N) is 2. The number of nitrogens with one attached hydrogen (secondary N) is 1. The molecule has 1 saturated heterocycles. The molecule has 1 aliphatic rings. The Bertz CT molecular complexity index is 326. The van der Waals surface area contributed by atoms with Gasteiger partial charge in [-0.05, 0) is 12.5 Å². The SMILES string of the molecule is Cc1cnn(C)c1C1COC(=O)N1. The number of cyclic esters (lactones) is 1. The molecule has 0 aliphatic carbocycles. The molecule has 1 unspecified atom stereocenters. The van der Waals surface area contributed by atoms with Crippen molar-refractivity contribution in [3.63, 3.8) is 0 Å². The summed E-state index contributed by atoms with van der Waals surface area (Å²) in [4.78, 5) is 10.8. The summed E-state index contributed by atoms with van der Waals surface area (Å²) < 4.78 is 6.57. The highest BCUT2D eigenvalue weighted by Crippen LogP contribution is 2.20. The lowest BCUT2D eigenvalue weighted by molar-refractivity contribution is 0.176. The second-order valence-corrected chi connectivity index (χ2v) is 3.13. The average Bonchev–Trinajstić information content (AvgIpc) is 2.60. The Hall–Kier alpha value is -1.52. The highest BCUT2D eigenvalue weighted by atomic mass is 16.6. The third kappa shape index (κ3) is 1.26. The number of hydrogen-bond donors (Lipinski definition) is 1. The molecule has 0 aromatic carbocycles. The highest BCUT2D eigenvalue weighted by Gasteiger charge is 2.27. The molecule has 5 heteroatoms. The number of aryl methyl sites for hydroxylation is 2. The summed E-state index contributed by atoms with van der Waals surface area (Å²) in [6, 6.07) is -0.0556. The number of ether oxygens (including phenoxy) is 1. The van der Waals surface area contributed by atoms with Gasteiger partial charge in [-0.1, -0.05) is 0 Å². The summed E-state index contributed by atoms with van der Waals surface area (Å²) in [7, 11) is 1.85. The second-order valence-electron chi connectivity index (χ2n) is 3.13. The van der Waals surface area contributed by atoms with Gasteiger partial charge in [-0.15, -0.1) is 0 Å². The van der Waals surface area contributed by atoms with Gasteiger partial charge in [-0.2, -0.15) is 5.10 Å². The van der Waals surface area contributed by atoms with Crippen LogP contribution in [0.3, 0.4) is 0 Å². The van der Waals surface area contributed by atoms with E-state index in [1.54, 1.807) is 10.9 Å². The van der Waals surface area contributed by atoms with Crippen molar-refractivity contribution in [1.29, 1.82) is 0 Å². The Labute approximate surface area is 75.7 Å². The number of carbonyl (C=O) groups is 1. The molecule has 1 aromatic heterocycles. The van der Waals surface area contributed by atoms with Crippen molar-refractivity contribution in [2.24, 2.45) is 7.05 Å². The van der Waals surface area contributed by atoms with Gasteiger partial charge in [0.15, 0.2) is 0 Å². The first-order valence-electron chi connectivity index (χ1n) is 4.10. The van der Waals surface area contributed by atoms with Crippen molar-refractivity contribution in [2.75, 3.05) is 6.61 Å². The van der Waals surface area contributed by atoms with Crippen molar-refractivity contribution in [3.8, 4) is 0 Å². The van der Waals surface area contributed by atoms with E-state index >= 15 is 0 Å². The number of amides is 1. The summed E-state index contributed by atoms with van der Waals surface area (Å²) in [5.41, 5.74) is 2.07. The average molecular weight is 181 g/mol. The van der Waals surface area contributed by atoms with Crippen molar-refractivity contribution in [3.05, 3.63) is 17.5 Å². The molecule has 0 radical (unpaired) electrons. The fourth-order valence-electron chi connectivity index (χ4n) is 1.59. The number of carbonyl (C=O) groups excluding carboxylic acids is 1. The summed E-state index contributed by atoms with van der Waals surface area (Å²) >= 11 is 0. The van der Waals surface area contributed by atoms with Crippen LogP contribution in [0.5, 0.6) is 0 Å². The van der Waals surface area contributed by atoms with Crippen LogP contribution in [0.1, 0.15) is 17.3 Å². The molecule has 1 aliphatic heterocycles. The summed E-state index contributed by atoms with van der Waals surface area (Å²) in [6.45, 7) is 2.35.